The number of benzene rings is 3. The second-order valence-corrected chi connectivity index (χ2v) is 11.9. The van der Waals surface area contributed by atoms with E-state index in [1.165, 1.54) is 35.2 Å². The van der Waals surface area contributed by atoms with Crippen molar-refractivity contribution in [1.82, 2.24) is 10.2 Å². The Balaban J connectivity index is 1.09. The summed E-state index contributed by atoms with van der Waals surface area (Å²) in [6, 6.07) is 23.5. The minimum atomic E-state index is 0.141. The molecule has 0 bridgehead atoms. The molecule has 0 aliphatic carbocycles. The predicted molar refractivity (Wildman–Crippen MR) is 174 cm³/mol. The van der Waals surface area contributed by atoms with Gasteiger partial charge < -0.3 is 34.1 Å². The van der Waals surface area contributed by atoms with Crippen LogP contribution >= 0.6 is 0 Å². The number of piperidine rings is 1. The third-order valence-electron chi connectivity index (χ3n) is 8.53. The first-order valence-electron chi connectivity index (χ1n) is 15.9. The summed E-state index contributed by atoms with van der Waals surface area (Å²) in [5.41, 5.74) is 6.50. The minimum absolute atomic E-state index is 0.141. The molecule has 0 spiro atoms. The van der Waals surface area contributed by atoms with E-state index in [1.54, 1.807) is 7.11 Å². The SMILES string of the molecule is COc1ccccc1COCCCOc1ccc([C@H]2CCNC[C@@H]2OCc2ccc3c(c2)N(CCN(C)C)CCC3)cc1. The molecule has 7 heteroatoms. The quantitative estimate of drug-likeness (QED) is 0.231. The fourth-order valence-electron chi connectivity index (χ4n) is 6.10. The maximum Gasteiger partial charge on any atom is 0.124 e. The average Bonchev–Trinajstić information content (AvgIpc) is 3.05. The van der Waals surface area contributed by atoms with Gasteiger partial charge in [0.05, 0.1) is 39.6 Å². The lowest BCUT2D eigenvalue weighted by atomic mass is 9.87. The number of para-hydroxylation sites is 1. The standard InChI is InChI=1S/C36H49N3O4/c1-38(2)20-21-39-19-6-9-30-12-11-28(24-34(30)39)26-43-36-25-37-18-17-33(36)29-13-15-32(16-14-29)42-23-7-22-41-27-31-8-4-5-10-35(31)40-3/h4-5,8,10-16,24,33,36-37H,6-7,9,17-23,25-27H2,1-3H3/t33-,36+/m1/s1. The van der Waals surface area contributed by atoms with E-state index in [1.807, 2.05) is 24.3 Å². The van der Waals surface area contributed by atoms with Crippen molar-refractivity contribution >= 4 is 5.69 Å². The molecule has 0 radical (unpaired) electrons. The van der Waals surface area contributed by atoms with Crippen molar-refractivity contribution in [3.05, 3.63) is 89.0 Å². The van der Waals surface area contributed by atoms with Gasteiger partial charge >= 0.3 is 0 Å². The smallest absolute Gasteiger partial charge is 0.124 e. The van der Waals surface area contributed by atoms with Crippen LogP contribution in [0.4, 0.5) is 5.69 Å². The van der Waals surface area contributed by atoms with E-state index in [9.17, 15) is 0 Å². The van der Waals surface area contributed by atoms with E-state index >= 15 is 0 Å². The number of hydrogen-bond donors (Lipinski definition) is 1. The van der Waals surface area contributed by atoms with Crippen molar-refractivity contribution in [2.24, 2.45) is 0 Å². The summed E-state index contributed by atoms with van der Waals surface area (Å²) >= 11 is 0. The normalized spacial score (nSPS) is 18.5. The first-order chi connectivity index (χ1) is 21.1. The van der Waals surface area contributed by atoms with Crippen molar-refractivity contribution in [3.8, 4) is 11.5 Å². The number of nitrogens with zero attached hydrogens (tertiary/aromatic N) is 2. The van der Waals surface area contributed by atoms with Crippen LogP contribution in [0, 0.1) is 0 Å². The van der Waals surface area contributed by atoms with Crippen LogP contribution in [0.5, 0.6) is 11.5 Å². The molecule has 1 fully saturated rings. The molecule has 0 amide bonds. The van der Waals surface area contributed by atoms with Gasteiger partial charge in [-0.25, -0.2) is 0 Å². The van der Waals surface area contributed by atoms with Crippen LogP contribution < -0.4 is 19.7 Å². The molecule has 2 atom stereocenters. The summed E-state index contributed by atoms with van der Waals surface area (Å²) in [5, 5.41) is 3.55. The van der Waals surface area contributed by atoms with E-state index in [0.29, 0.717) is 32.3 Å². The lowest BCUT2D eigenvalue weighted by Gasteiger charge is -2.34. The van der Waals surface area contributed by atoms with Gasteiger partial charge in [-0.15, -0.1) is 0 Å². The van der Waals surface area contributed by atoms with E-state index in [2.05, 4.69) is 71.7 Å². The summed E-state index contributed by atoms with van der Waals surface area (Å²) in [6.45, 7) is 7.60. The third kappa shape index (κ3) is 8.96. The molecule has 2 heterocycles. The Morgan fingerprint density at radius 2 is 1.84 bits per heavy atom. The van der Waals surface area contributed by atoms with Gasteiger partial charge in [0.25, 0.3) is 0 Å². The van der Waals surface area contributed by atoms with Gasteiger partial charge in [0, 0.05) is 49.8 Å². The monoisotopic (exact) mass is 587 g/mol. The summed E-state index contributed by atoms with van der Waals surface area (Å²) in [6.07, 6.45) is 4.44. The van der Waals surface area contributed by atoms with Crippen molar-refractivity contribution in [1.29, 1.82) is 0 Å². The van der Waals surface area contributed by atoms with Gasteiger partial charge in [-0.05, 0) is 80.9 Å². The van der Waals surface area contributed by atoms with Crippen LogP contribution in [0.2, 0.25) is 0 Å². The molecule has 0 unspecified atom stereocenters. The van der Waals surface area contributed by atoms with Gasteiger partial charge in [-0.3, -0.25) is 0 Å². The third-order valence-corrected chi connectivity index (χ3v) is 8.53. The van der Waals surface area contributed by atoms with E-state index < -0.39 is 0 Å². The molecular weight excluding hydrogens is 538 g/mol. The first-order valence-corrected chi connectivity index (χ1v) is 15.9. The second-order valence-electron chi connectivity index (χ2n) is 11.9. The van der Waals surface area contributed by atoms with E-state index in [4.69, 9.17) is 18.9 Å². The molecule has 3 aromatic carbocycles. The van der Waals surface area contributed by atoms with Crippen molar-refractivity contribution < 1.29 is 18.9 Å². The number of rotatable bonds is 15. The Labute approximate surface area is 258 Å². The molecule has 0 saturated carbocycles. The van der Waals surface area contributed by atoms with Gasteiger partial charge in [-0.1, -0.05) is 42.5 Å². The highest BCUT2D eigenvalue weighted by atomic mass is 16.5. The zero-order valence-corrected chi connectivity index (χ0v) is 26.2. The van der Waals surface area contributed by atoms with E-state index in [0.717, 1.165) is 62.6 Å². The van der Waals surface area contributed by atoms with Crippen LogP contribution in [-0.2, 0) is 29.1 Å². The second kappa shape index (κ2) is 16.1. The van der Waals surface area contributed by atoms with Crippen LogP contribution in [0.3, 0.4) is 0 Å². The predicted octanol–water partition coefficient (Wildman–Crippen LogP) is 5.66. The summed E-state index contributed by atoms with van der Waals surface area (Å²) < 4.78 is 23.8. The molecule has 2 aliphatic rings. The van der Waals surface area contributed by atoms with Crippen molar-refractivity contribution in [2.45, 2.75) is 50.9 Å². The largest absolute Gasteiger partial charge is 0.496 e. The number of fused-ring (bicyclic) bond motifs is 1. The highest BCUT2D eigenvalue weighted by Crippen LogP contribution is 2.32. The molecule has 3 aromatic rings. The Bertz CT molecular complexity index is 1270. The number of anilines is 1. The topological polar surface area (TPSA) is 55.4 Å². The number of methoxy groups -OCH3 is 1. The maximum atomic E-state index is 6.60. The molecule has 2 aliphatic heterocycles. The van der Waals surface area contributed by atoms with Gasteiger partial charge in [0.2, 0.25) is 0 Å². The summed E-state index contributed by atoms with van der Waals surface area (Å²) in [5.74, 6) is 2.13. The Kier molecular flexibility index (Phi) is 11.7. The van der Waals surface area contributed by atoms with Crippen molar-refractivity contribution in [2.75, 3.05) is 72.0 Å². The molecular formula is C36H49N3O4. The lowest BCUT2D eigenvalue weighted by Crippen LogP contribution is -2.41. The molecule has 5 rings (SSSR count). The van der Waals surface area contributed by atoms with Gasteiger partial charge in [-0.2, -0.15) is 0 Å². The van der Waals surface area contributed by atoms with Gasteiger partial charge in [0.1, 0.15) is 11.5 Å². The van der Waals surface area contributed by atoms with Crippen LogP contribution in [-0.4, -0.2) is 78.1 Å². The number of hydrogen-bond acceptors (Lipinski definition) is 7. The number of aryl methyl sites for hydroxylation is 1. The van der Waals surface area contributed by atoms with Crippen LogP contribution in [0.15, 0.2) is 66.7 Å². The lowest BCUT2D eigenvalue weighted by molar-refractivity contribution is 0.0106. The Morgan fingerprint density at radius 3 is 2.67 bits per heavy atom. The zero-order valence-electron chi connectivity index (χ0n) is 26.2. The van der Waals surface area contributed by atoms with E-state index in [-0.39, 0.29) is 6.10 Å². The van der Waals surface area contributed by atoms with Crippen LogP contribution in [0.1, 0.15) is 47.4 Å². The van der Waals surface area contributed by atoms with Gasteiger partial charge in [0.15, 0.2) is 0 Å². The molecule has 7 nitrogen and oxygen atoms in total. The highest BCUT2D eigenvalue weighted by molar-refractivity contribution is 5.57. The number of likely N-dealkylation sites (N-methyl/N-ethyl adjacent to an activating group) is 1. The molecule has 0 aromatic heterocycles. The fraction of sp³-hybridized carbons (Fsp3) is 0.500. The summed E-state index contributed by atoms with van der Waals surface area (Å²) in [4.78, 5) is 4.81. The number of ether oxygens (including phenoxy) is 4. The summed E-state index contributed by atoms with van der Waals surface area (Å²) in [7, 11) is 5.98. The zero-order chi connectivity index (χ0) is 29.9. The average molecular weight is 588 g/mol. The molecule has 43 heavy (non-hydrogen) atoms. The molecule has 1 saturated heterocycles. The maximum absolute atomic E-state index is 6.60. The Morgan fingerprint density at radius 1 is 0.977 bits per heavy atom. The van der Waals surface area contributed by atoms with Crippen LogP contribution in [0.25, 0.3) is 0 Å². The fourth-order valence-corrected chi connectivity index (χ4v) is 6.10. The first kappa shape index (κ1) is 31.3. The molecule has 1 N–H and O–H groups in total. The van der Waals surface area contributed by atoms with Crippen molar-refractivity contribution in [3.63, 3.8) is 0 Å². The Hall–Kier alpha value is -3.10. The number of nitrogens with one attached hydrogen (secondary N) is 1. The highest BCUT2D eigenvalue weighted by Gasteiger charge is 2.27. The molecule has 232 valence electrons. The minimum Gasteiger partial charge on any atom is -0.496 e.